The van der Waals surface area contributed by atoms with E-state index in [1.807, 2.05) is 0 Å². The van der Waals surface area contributed by atoms with Crippen LogP contribution in [0.3, 0.4) is 0 Å². The van der Waals surface area contributed by atoms with Gasteiger partial charge >= 0.3 is 0 Å². The number of nitrogens with two attached hydrogens (primary N) is 1. The molecule has 0 spiro atoms. The van der Waals surface area contributed by atoms with Gasteiger partial charge in [-0.05, 0) is 49.7 Å². The molecule has 0 radical (unpaired) electrons. The quantitative estimate of drug-likeness (QED) is 0.751. The van der Waals surface area contributed by atoms with Gasteiger partial charge in [0, 0.05) is 11.3 Å². The largest absolute Gasteiger partial charge is 0.479 e. The number of aryl methyl sites for hydroxylation is 1. The van der Waals surface area contributed by atoms with Crippen LogP contribution in [0.1, 0.15) is 22.8 Å². The third kappa shape index (κ3) is 3.53. The highest BCUT2D eigenvalue weighted by Gasteiger charge is 2.24. The summed E-state index contributed by atoms with van der Waals surface area (Å²) in [7, 11) is -3.93. The Morgan fingerprint density at radius 3 is 2.65 bits per heavy atom. The van der Waals surface area contributed by atoms with Crippen LogP contribution in [0.5, 0.6) is 5.75 Å². The van der Waals surface area contributed by atoms with Crippen molar-refractivity contribution in [1.29, 1.82) is 0 Å². The third-order valence-corrected chi connectivity index (χ3v) is 4.98. The number of hydrogen-bond acceptors (Lipinski definition) is 5. The van der Waals surface area contributed by atoms with E-state index < -0.39 is 22.0 Å². The van der Waals surface area contributed by atoms with Gasteiger partial charge in [0.25, 0.3) is 11.8 Å². The fourth-order valence-corrected chi connectivity index (χ4v) is 3.35. The van der Waals surface area contributed by atoms with Crippen LogP contribution in [0.2, 0.25) is 0 Å². The van der Waals surface area contributed by atoms with E-state index in [-0.39, 0.29) is 16.4 Å². The highest BCUT2D eigenvalue weighted by Crippen LogP contribution is 2.32. The number of fused-ring (bicyclic) bond motifs is 1. The molecule has 0 saturated heterocycles. The van der Waals surface area contributed by atoms with Crippen LogP contribution >= 0.6 is 0 Å². The molecule has 1 aliphatic rings. The molecule has 1 atom stereocenters. The van der Waals surface area contributed by atoms with Crippen molar-refractivity contribution in [3.05, 3.63) is 47.5 Å². The molecule has 3 rings (SSSR count). The van der Waals surface area contributed by atoms with E-state index in [4.69, 9.17) is 9.88 Å². The zero-order chi connectivity index (χ0) is 19.1. The second-order valence-electron chi connectivity index (χ2n) is 5.94. The van der Waals surface area contributed by atoms with E-state index in [0.717, 1.165) is 0 Å². The van der Waals surface area contributed by atoms with Crippen LogP contribution in [0.15, 0.2) is 41.3 Å². The van der Waals surface area contributed by atoms with Gasteiger partial charge in [-0.25, -0.2) is 13.6 Å². The van der Waals surface area contributed by atoms with Gasteiger partial charge in [-0.2, -0.15) is 0 Å². The summed E-state index contributed by atoms with van der Waals surface area (Å²) in [5, 5.41) is 10.5. The first-order valence-electron chi connectivity index (χ1n) is 7.71. The molecular formula is C17H17N3O5S. The lowest BCUT2D eigenvalue weighted by atomic mass is 10.1. The fraction of sp³-hybridized carbons (Fsp3) is 0.176. The monoisotopic (exact) mass is 375 g/mol. The van der Waals surface area contributed by atoms with Crippen LogP contribution in [-0.2, 0) is 14.8 Å². The Hall–Kier alpha value is -2.91. The molecule has 2 amide bonds. The average molecular weight is 375 g/mol. The van der Waals surface area contributed by atoms with E-state index in [2.05, 4.69) is 10.6 Å². The van der Waals surface area contributed by atoms with Gasteiger partial charge in [0.15, 0.2) is 6.10 Å². The number of primary sulfonamides is 1. The molecule has 26 heavy (non-hydrogen) atoms. The summed E-state index contributed by atoms with van der Waals surface area (Å²) in [6, 6.07) is 9.06. The molecule has 9 heteroatoms. The number of ether oxygens (including phenoxy) is 1. The Kier molecular flexibility index (Phi) is 4.43. The Bertz CT molecular complexity index is 1020. The topological polar surface area (TPSA) is 128 Å². The molecule has 0 fully saturated rings. The van der Waals surface area contributed by atoms with Crippen molar-refractivity contribution >= 4 is 33.2 Å². The first kappa shape index (κ1) is 17.9. The molecule has 0 saturated carbocycles. The number of carbonyl (C=O) groups excluding carboxylic acids is 2. The standard InChI is InChI=1S/C17H17N3O5S/c1-9-3-4-11(7-15(9)26(18,23)24)17(22)19-12-5-6-14-13(8-12)20-16(21)10(2)25-14/h3-8,10H,1-2H3,(H,19,22)(H,20,21)(H2,18,23,24)/t10-/m1/s1. The second kappa shape index (κ2) is 6.43. The van der Waals surface area contributed by atoms with E-state index in [1.165, 1.54) is 18.2 Å². The lowest BCUT2D eigenvalue weighted by molar-refractivity contribution is -0.122. The lowest BCUT2D eigenvalue weighted by Crippen LogP contribution is -2.34. The highest BCUT2D eigenvalue weighted by molar-refractivity contribution is 7.89. The van der Waals surface area contributed by atoms with Crippen molar-refractivity contribution in [2.45, 2.75) is 24.8 Å². The van der Waals surface area contributed by atoms with Crippen LogP contribution in [0.25, 0.3) is 0 Å². The molecule has 0 unspecified atom stereocenters. The van der Waals surface area contributed by atoms with Crippen molar-refractivity contribution in [2.75, 3.05) is 10.6 Å². The first-order valence-corrected chi connectivity index (χ1v) is 9.26. The minimum atomic E-state index is -3.93. The number of anilines is 2. The summed E-state index contributed by atoms with van der Waals surface area (Å²) in [6.45, 7) is 3.23. The summed E-state index contributed by atoms with van der Waals surface area (Å²) in [5.41, 5.74) is 1.46. The smallest absolute Gasteiger partial charge is 0.265 e. The summed E-state index contributed by atoms with van der Waals surface area (Å²) in [4.78, 5) is 24.0. The predicted molar refractivity (Wildman–Crippen MR) is 95.7 cm³/mol. The van der Waals surface area contributed by atoms with Gasteiger partial charge < -0.3 is 15.4 Å². The highest BCUT2D eigenvalue weighted by atomic mass is 32.2. The third-order valence-electron chi connectivity index (χ3n) is 3.93. The van der Waals surface area contributed by atoms with Crippen molar-refractivity contribution < 1.29 is 22.7 Å². The number of carbonyl (C=O) groups is 2. The molecule has 2 aromatic rings. The first-order chi connectivity index (χ1) is 12.1. The zero-order valence-electron chi connectivity index (χ0n) is 14.1. The molecule has 2 aromatic carbocycles. The van der Waals surface area contributed by atoms with Gasteiger partial charge in [-0.15, -0.1) is 0 Å². The van der Waals surface area contributed by atoms with Crippen LogP contribution in [0.4, 0.5) is 11.4 Å². The van der Waals surface area contributed by atoms with Gasteiger partial charge in [0.2, 0.25) is 10.0 Å². The Balaban J connectivity index is 1.85. The molecule has 4 N–H and O–H groups in total. The van der Waals surface area contributed by atoms with Gasteiger partial charge in [0.1, 0.15) is 5.75 Å². The Morgan fingerprint density at radius 1 is 1.23 bits per heavy atom. The van der Waals surface area contributed by atoms with E-state index in [9.17, 15) is 18.0 Å². The molecule has 8 nitrogen and oxygen atoms in total. The summed E-state index contributed by atoms with van der Waals surface area (Å²) in [6.07, 6.45) is -0.591. The number of rotatable bonds is 3. The maximum atomic E-state index is 12.4. The lowest BCUT2D eigenvalue weighted by Gasteiger charge is -2.23. The number of benzene rings is 2. The molecule has 0 bridgehead atoms. The summed E-state index contributed by atoms with van der Waals surface area (Å²) >= 11 is 0. The van der Waals surface area contributed by atoms with Crippen LogP contribution in [-0.4, -0.2) is 26.3 Å². The van der Waals surface area contributed by atoms with Gasteiger partial charge in [-0.1, -0.05) is 6.07 Å². The van der Waals surface area contributed by atoms with Crippen LogP contribution < -0.4 is 20.5 Å². The van der Waals surface area contributed by atoms with Gasteiger partial charge in [-0.3, -0.25) is 9.59 Å². The predicted octanol–water partition coefficient (Wildman–Crippen LogP) is 1.61. The number of hydrogen-bond donors (Lipinski definition) is 3. The van der Waals surface area contributed by atoms with Crippen molar-refractivity contribution in [3.8, 4) is 5.75 Å². The number of amides is 2. The second-order valence-corrected chi connectivity index (χ2v) is 7.47. The molecule has 1 aliphatic heterocycles. The summed E-state index contributed by atoms with van der Waals surface area (Å²) < 4.78 is 28.6. The van der Waals surface area contributed by atoms with Crippen molar-refractivity contribution in [1.82, 2.24) is 0 Å². The van der Waals surface area contributed by atoms with Gasteiger partial charge in [0.05, 0.1) is 10.6 Å². The van der Waals surface area contributed by atoms with Crippen molar-refractivity contribution in [2.24, 2.45) is 5.14 Å². The van der Waals surface area contributed by atoms with Crippen molar-refractivity contribution in [3.63, 3.8) is 0 Å². The molecule has 0 aliphatic carbocycles. The minimum absolute atomic E-state index is 0.106. The SMILES string of the molecule is Cc1ccc(C(=O)Nc2ccc3c(c2)NC(=O)[C@@H](C)O3)cc1S(N)(=O)=O. The average Bonchev–Trinajstić information content (AvgIpc) is 2.55. The minimum Gasteiger partial charge on any atom is -0.479 e. The summed E-state index contributed by atoms with van der Waals surface area (Å²) in [5.74, 6) is -0.287. The number of sulfonamides is 1. The van der Waals surface area contributed by atoms with E-state index in [0.29, 0.717) is 22.7 Å². The molecule has 136 valence electrons. The molecular weight excluding hydrogens is 358 g/mol. The normalized spacial score (nSPS) is 16.3. The number of nitrogens with one attached hydrogen (secondary N) is 2. The zero-order valence-corrected chi connectivity index (χ0v) is 14.9. The van der Waals surface area contributed by atoms with E-state index in [1.54, 1.807) is 32.0 Å². The fourth-order valence-electron chi connectivity index (χ4n) is 2.54. The Labute approximate surface area is 150 Å². The van der Waals surface area contributed by atoms with Crippen LogP contribution in [0, 0.1) is 6.92 Å². The molecule has 1 heterocycles. The maximum absolute atomic E-state index is 12.4. The molecule has 0 aromatic heterocycles. The Morgan fingerprint density at radius 2 is 1.96 bits per heavy atom. The van der Waals surface area contributed by atoms with E-state index >= 15 is 0 Å². The maximum Gasteiger partial charge on any atom is 0.265 e.